The molecule has 0 radical (unpaired) electrons. The smallest absolute Gasteiger partial charge is 0.0321 e. The summed E-state index contributed by atoms with van der Waals surface area (Å²) in [7, 11) is 1.06. The van der Waals surface area contributed by atoms with E-state index in [1.54, 1.807) is 0 Å². The fourth-order valence-electron chi connectivity index (χ4n) is 0.429. The van der Waals surface area contributed by atoms with Crippen LogP contribution >= 0.6 is 8.58 Å². The Balaban J connectivity index is 2.80. The Kier molecular flexibility index (Phi) is 7.32. The lowest BCUT2D eigenvalue weighted by Gasteiger charge is -1.86. The molecule has 0 aromatic rings. The van der Waals surface area contributed by atoms with Gasteiger partial charge in [0.1, 0.15) is 0 Å². The van der Waals surface area contributed by atoms with Crippen molar-refractivity contribution in [3.05, 3.63) is 11.9 Å². The van der Waals surface area contributed by atoms with Crippen LogP contribution in [0.1, 0.15) is 26.7 Å². The molecular formula is C7H15P. The zero-order valence-corrected chi connectivity index (χ0v) is 6.78. The molecule has 0 aliphatic rings. The lowest BCUT2D eigenvalue weighted by molar-refractivity contribution is 1.10. The molecule has 0 nitrogen and oxygen atoms in total. The van der Waals surface area contributed by atoms with Gasteiger partial charge in [-0.05, 0) is 12.6 Å². The molecule has 0 fully saturated rings. The first-order valence-corrected chi connectivity index (χ1v) is 4.58. The average Bonchev–Trinajstić information content (AvgIpc) is 1.81. The van der Waals surface area contributed by atoms with E-state index in [0.717, 1.165) is 8.58 Å². The Labute approximate surface area is 54.2 Å². The minimum absolute atomic E-state index is 1.06. The Morgan fingerprint density at radius 1 is 1.38 bits per heavy atom. The number of hydrogen-bond acceptors (Lipinski definition) is 0. The highest BCUT2D eigenvalue weighted by atomic mass is 31.1. The number of hydrogen-bond donors (Lipinski definition) is 0. The van der Waals surface area contributed by atoms with E-state index in [0.29, 0.717) is 0 Å². The van der Waals surface area contributed by atoms with Crippen molar-refractivity contribution in [1.82, 2.24) is 0 Å². The second-order valence-corrected chi connectivity index (χ2v) is 3.01. The minimum atomic E-state index is 1.06. The summed E-state index contributed by atoms with van der Waals surface area (Å²) in [6.45, 7) is 4.40. The third kappa shape index (κ3) is 6.17. The highest BCUT2D eigenvalue weighted by Crippen LogP contribution is 2.12. The molecule has 0 amide bonds. The summed E-state index contributed by atoms with van der Waals surface area (Å²) in [5, 5.41) is 0. The topological polar surface area (TPSA) is 0 Å². The average molecular weight is 130 g/mol. The standard InChI is InChI=1S/C7H15P/c1-3-5-7-8-6-4-2/h5,7-8H,3-4,6H2,1-2H3. The molecule has 0 heterocycles. The lowest BCUT2D eigenvalue weighted by atomic mass is 10.5. The van der Waals surface area contributed by atoms with E-state index in [1.165, 1.54) is 19.0 Å². The van der Waals surface area contributed by atoms with Crippen LogP contribution in [0.2, 0.25) is 0 Å². The SMILES string of the molecule is CCC=CPCCC. The van der Waals surface area contributed by atoms with Gasteiger partial charge in [0.25, 0.3) is 0 Å². The van der Waals surface area contributed by atoms with E-state index in [2.05, 4.69) is 25.7 Å². The summed E-state index contributed by atoms with van der Waals surface area (Å²) >= 11 is 0. The minimum Gasteiger partial charge on any atom is -0.0988 e. The summed E-state index contributed by atoms with van der Waals surface area (Å²) in [5.41, 5.74) is 0. The molecule has 0 aromatic carbocycles. The summed E-state index contributed by atoms with van der Waals surface area (Å²) in [5.74, 6) is 2.30. The van der Waals surface area contributed by atoms with Crippen LogP contribution < -0.4 is 0 Å². The zero-order chi connectivity index (χ0) is 6.24. The van der Waals surface area contributed by atoms with Crippen LogP contribution in [0, 0.1) is 0 Å². The predicted octanol–water partition coefficient (Wildman–Crippen LogP) is 3.00. The molecule has 0 spiro atoms. The van der Waals surface area contributed by atoms with Gasteiger partial charge in [0.2, 0.25) is 0 Å². The van der Waals surface area contributed by atoms with E-state index in [1.807, 2.05) is 0 Å². The third-order valence-electron chi connectivity index (χ3n) is 0.866. The lowest BCUT2D eigenvalue weighted by Crippen LogP contribution is -1.62. The normalized spacial score (nSPS) is 12.2. The molecule has 0 bridgehead atoms. The van der Waals surface area contributed by atoms with Gasteiger partial charge in [-0.25, -0.2) is 0 Å². The number of rotatable bonds is 4. The fraction of sp³-hybridized carbons (Fsp3) is 0.714. The first kappa shape index (κ1) is 8.17. The molecule has 0 aromatic heterocycles. The van der Waals surface area contributed by atoms with E-state index in [9.17, 15) is 0 Å². The largest absolute Gasteiger partial charge is 0.0988 e. The van der Waals surface area contributed by atoms with Crippen LogP contribution in [0.5, 0.6) is 0 Å². The third-order valence-corrected chi connectivity index (χ3v) is 2.13. The Hall–Kier alpha value is 0.170. The van der Waals surface area contributed by atoms with E-state index >= 15 is 0 Å². The Bertz CT molecular complexity index is 57.4. The Morgan fingerprint density at radius 3 is 2.62 bits per heavy atom. The second-order valence-electron chi connectivity index (χ2n) is 1.76. The van der Waals surface area contributed by atoms with Gasteiger partial charge >= 0.3 is 0 Å². The Morgan fingerprint density at radius 2 is 2.12 bits per heavy atom. The summed E-state index contributed by atoms with van der Waals surface area (Å²) < 4.78 is 0. The van der Waals surface area contributed by atoms with Crippen molar-refractivity contribution in [2.45, 2.75) is 26.7 Å². The molecule has 0 saturated heterocycles. The van der Waals surface area contributed by atoms with Crippen molar-refractivity contribution >= 4 is 8.58 Å². The first-order valence-electron chi connectivity index (χ1n) is 3.30. The number of allylic oxidation sites excluding steroid dienone is 1. The van der Waals surface area contributed by atoms with Gasteiger partial charge in [-0.2, -0.15) is 0 Å². The predicted molar refractivity (Wildman–Crippen MR) is 42.9 cm³/mol. The second kappa shape index (κ2) is 7.17. The monoisotopic (exact) mass is 130 g/mol. The van der Waals surface area contributed by atoms with Crippen LogP contribution in [0.25, 0.3) is 0 Å². The maximum atomic E-state index is 2.30. The van der Waals surface area contributed by atoms with E-state index < -0.39 is 0 Å². The highest BCUT2D eigenvalue weighted by molar-refractivity contribution is 7.41. The van der Waals surface area contributed by atoms with Crippen molar-refractivity contribution in [3.8, 4) is 0 Å². The first-order chi connectivity index (χ1) is 3.91. The van der Waals surface area contributed by atoms with Gasteiger partial charge in [-0.3, -0.25) is 0 Å². The van der Waals surface area contributed by atoms with Gasteiger partial charge < -0.3 is 0 Å². The highest BCUT2D eigenvalue weighted by Gasteiger charge is 1.73. The molecular weight excluding hydrogens is 115 g/mol. The zero-order valence-electron chi connectivity index (χ0n) is 5.78. The van der Waals surface area contributed by atoms with E-state index in [4.69, 9.17) is 0 Å². The fourth-order valence-corrected chi connectivity index (χ4v) is 1.29. The van der Waals surface area contributed by atoms with Crippen LogP contribution in [-0.4, -0.2) is 6.16 Å². The van der Waals surface area contributed by atoms with E-state index in [-0.39, 0.29) is 0 Å². The molecule has 0 aliphatic carbocycles. The van der Waals surface area contributed by atoms with Gasteiger partial charge in [0, 0.05) is 0 Å². The quantitative estimate of drug-likeness (QED) is 0.405. The maximum absolute atomic E-state index is 2.30. The molecule has 0 N–H and O–H groups in total. The van der Waals surface area contributed by atoms with Gasteiger partial charge in [-0.1, -0.05) is 40.7 Å². The van der Waals surface area contributed by atoms with Crippen molar-refractivity contribution in [1.29, 1.82) is 0 Å². The van der Waals surface area contributed by atoms with Gasteiger partial charge in [0.05, 0.1) is 0 Å². The van der Waals surface area contributed by atoms with Crippen LogP contribution in [0.15, 0.2) is 11.9 Å². The summed E-state index contributed by atoms with van der Waals surface area (Å²) in [4.78, 5) is 0. The molecule has 0 aliphatic heterocycles. The van der Waals surface area contributed by atoms with Crippen molar-refractivity contribution < 1.29 is 0 Å². The van der Waals surface area contributed by atoms with Crippen molar-refractivity contribution in [2.75, 3.05) is 6.16 Å². The van der Waals surface area contributed by atoms with Crippen molar-refractivity contribution in [3.63, 3.8) is 0 Å². The van der Waals surface area contributed by atoms with Crippen molar-refractivity contribution in [2.24, 2.45) is 0 Å². The van der Waals surface area contributed by atoms with Crippen LogP contribution in [0.3, 0.4) is 0 Å². The van der Waals surface area contributed by atoms with Gasteiger partial charge in [-0.15, -0.1) is 0 Å². The maximum Gasteiger partial charge on any atom is -0.0321 e. The molecule has 0 rings (SSSR count). The van der Waals surface area contributed by atoms with Gasteiger partial charge in [0.15, 0.2) is 0 Å². The summed E-state index contributed by atoms with van der Waals surface area (Å²) in [6.07, 6.45) is 6.13. The molecule has 48 valence electrons. The van der Waals surface area contributed by atoms with Crippen LogP contribution in [0.4, 0.5) is 0 Å². The molecule has 1 unspecified atom stereocenters. The molecule has 1 heteroatoms. The molecule has 1 atom stereocenters. The summed E-state index contributed by atoms with van der Waals surface area (Å²) in [6, 6.07) is 0. The van der Waals surface area contributed by atoms with Crippen LogP contribution in [-0.2, 0) is 0 Å². The molecule has 8 heavy (non-hydrogen) atoms. The molecule has 0 saturated carbocycles.